The molecule has 1 aliphatic carbocycles. The van der Waals surface area contributed by atoms with Crippen molar-refractivity contribution >= 4 is 11.6 Å². The van der Waals surface area contributed by atoms with Crippen LogP contribution in [0.25, 0.3) is 0 Å². The summed E-state index contributed by atoms with van der Waals surface area (Å²) in [7, 11) is 0. The van der Waals surface area contributed by atoms with Crippen LogP contribution in [0.5, 0.6) is 0 Å². The second kappa shape index (κ2) is 6.12. The molecule has 1 fully saturated rings. The van der Waals surface area contributed by atoms with Gasteiger partial charge in [0.1, 0.15) is 23.8 Å². The maximum absolute atomic E-state index is 13.3. The van der Waals surface area contributed by atoms with Crippen LogP contribution in [0.2, 0.25) is 0 Å². The topological polar surface area (TPSA) is 50.3 Å². The Balaban J connectivity index is 1.52. The normalized spacial score (nSPS) is 20.4. The van der Waals surface area contributed by atoms with Gasteiger partial charge >= 0.3 is 0 Å². The Bertz CT molecular complexity index is 703. The highest BCUT2D eigenvalue weighted by atomic mass is 19.1. The molecule has 1 aromatic carbocycles. The van der Waals surface area contributed by atoms with E-state index in [2.05, 4.69) is 20.2 Å². The maximum Gasteiger partial charge on any atom is 0.134 e. The minimum atomic E-state index is -0.166. The van der Waals surface area contributed by atoms with Crippen molar-refractivity contribution in [1.29, 1.82) is 0 Å². The van der Waals surface area contributed by atoms with Crippen molar-refractivity contribution in [3.8, 4) is 0 Å². The number of benzene rings is 1. The zero-order valence-electron chi connectivity index (χ0n) is 12.8. The van der Waals surface area contributed by atoms with Gasteiger partial charge in [0.15, 0.2) is 0 Å². The predicted molar refractivity (Wildman–Crippen MR) is 86.1 cm³/mol. The van der Waals surface area contributed by atoms with Crippen LogP contribution in [0.4, 0.5) is 16.0 Å². The van der Waals surface area contributed by atoms with Crippen molar-refractivity contribution in [2.45, 2.75) is 18.9 Å². The minimum Gasteiger partial charge on any atom is -0.378 e. The van der Waals surface area contributed by atoms with E-state index in [1.807, 2.05) is 12.1 Å². The van der Waals surface area contributed by atoms with Gasteiger partial charge in [-0.05, 0) is 36.1 Å². The molecule has 1 N–H and O–H groups in total. The molecule has 0 bridgehead atoms. The van der Waals surface area contributed by atoms with Crippen molar-refractivity contribution in [2.75, 3.05) is 36.5 Å². The summed E-state index contributed by atoms with van der Waals surface area (Å²) in [6, 6.07) is 7.19. The van der Waals surface area contributed by atoms with Crippen LogP contribution in [-0.4, -0.2) is 36.3 Å². The van der Waals surface area contributed by atoms with Gasteiger partial charge in [0, 0.05) is 19.2 Å². The lowest BCUT2D eigenvalue weighted by atomic mass is 10.1. The number of nitrogens with one attached hydrogen (secondary N) is 1. The summed E-state index contributed by atoms with van der Waals surface area (Å²) in [6.45, 7) is 3.16. The molecule has 2 heterocycles. The van der Waals surface area contributed by atoms with Crippen LogP contribution in [-0.2, 0) is 11.2 Å². The van der Waals surface area contributed by atoms with Crippen molar-refractivity contribution in [1.82, 2.24) is 9.97 Å². The average Bonchev–Trinajstić information content (AvgIpc) is 2.98. The molecule has 2 aromatic rings. The molecule has 1 atom stereocenters. The lowest BCUT2D eigenvalue weighted by molar-refractivity contribution is 0.122. The van der Waals surface area contributed by atoms with Gasteiger partial charge in [-0.2, -0.15) is 0 Å². The largest absolute Gasteiger partial charge is 0.378 e. The first-order valence-corrected chi connectivity index (χ1v) is 7.99. The fourth-order valence-corrected chi connectivity index (χ4v) is 3.31. The number of hydrogen-bond donors (Lipinski definition) is 1. The van der Waals surface area contributed by atoms with E-state index in [0.29, 0.717) is 0 Å². The number of halogens is 1. The molecule has 0 spiro atoms. The number of anilines is 2. The smallest absolute Gasteiger partial charge is 0.134 e. The predicted octanol–water partition coefficient (Wildman–Crippen LogP) is 2.55. The highest BCUT2D eigenvalue weighted by Crippen LogP contribution is 2.34. The molecule has 0 amide bonds. The van der Waals surface area contributed by atoms with Gasteiger partial charge in [0.05, 0.1) is 19.3 Å². The molecule has 0 saturated carbocycles. The Morgan fingerprint density at radius 2 is 2.04 bits per heavy atom. The van der Waals surface area contributed by atoms with Crippen molar-refractivity contribution < 1.29 is 9.13 Å². The van der Waals surface area contributed by atoms with E-state index in [0.717, 1.165) is 61.9 Å². The molecule has 1 aromatic heterocycles. The lowest BCUT2D eigenvalue weighted by Crippen LogP contribution is -2.36. The van der Waals surface area contributed by atoms with Gasteiger partial charge in [0.2, 0.25) is 0 Å². The SMILES string of the molecule is Fc1ccc2c(c1)CCC2Nc1cc(N2CCOCC2)ncn1. The molecule has 0 radical (unpaired) electrons. The van der Waals surface area contributed by atoms with Crippen molar-refractivity contribution in [3.63, 3.8) is 0 Å². The average molecular weight is 314 g/mol. The first kappa shape index (κ1) is 14.4. The molecule has 5 nitrogen and oxygen atoms in total. The fourth-order valence-electron chi connectivity index (χ4n) is 3.31. The van der Waals surface area contributed by atoms with E-state index >= 15 is 0 Å². The van der Waals surface area contributed by atoms with Gasteiger partial charge in [-0.25, -0.2) is 14.4 Å². The Morgan fingerprint density at radius 3 is 2.91 bits per heavy atom. The number of hydrogen-bond acceptors (Lipinski definition) is 5. The van der Waals surface area contributed by atoms with E-state index < -0.39 is 0 Å². The zero-order valence-corrected chi connectivity index (χ0v) is 12.8. The quantitative estimate of drug-likeness (QED) is 0.943. The Kier molecular flexibility index (Phi) is 3.83. The minimum absolute atomic E-state index is 0.166. The van der Waals surface area contributed by atoms with Crippen LogP contribution in [0, 0.1) is 5.82 Å². The lowest BCUT2D eigenvalue weighted by Gasteiger charge is -2.28. The first-order valence-electron chi connectivity index (χ1n) is 7.99. The van der Waals surface area contributed by atoms with E-state index in [1.54, 1.807) is 12.4 Å². The van der Waals surface area contributed by atoms with Crippen molar-refractivity contribution in [3.05, 3.63) is 47.5 Å². The molecular formula is C17H19FN4O. The summed E-state index contributed by atoms with van der Waals surface area (Å²) in [5, 5.41) is 3.46. The second-order valence-corrected chi connectivity index (χ2v) is 5.94. The number of rotatable bonds is 3. The molecule has 1 unspecified atom stereocenters. The van der Waals surface area contributed by atoms with Crippen LogP contribution >= 0.6 is 0 Å². The zero-order chi connectivity index (χ0) is 15.6. The third-order valence-corrected chi connectivity index (χ3v) is 4.49. The van der Waals surface area contributed by atoms with Crippen LogP contribution < -0.4 is 10.2 Å². The van der Waals surface area contributed by atoms with Crippen molar-refractivity contribution in [2.24, 2.45) is 0 Å². The molecular weight excluding hydrogens is 295 g/mol. The summed E-state index contributed by atoms with van der Waals surface area (Å²) < 4.78 is 18.7. The highest BCUT2D eigenvalue weighted by Gasteiger charge is 2.23. The second-order valence-electron chi connectivity index (χ2n) is 5.94. The Hall–Kier alpha value is -2.21. The van der Waals surface area contributed by atoms with Gasteiger partial charge in [-0.1, -0.05) is 6.07 Å². The number of aromatic nitrogens is 2. The standard InChI is InChI=1S/C17H19FN4O/c18-13-2-3-14-12(9-13)1-4-15(14)21-16-10-17(20-11-19-16)22-5-7-23-8-6-22/h2-3,9-11,15H,1,4-8H2,(H,19,20,21). The van der Waals surface area contributed by atoms with E-state index in [9.17, 15) is 4.39 Å². The summed E-state index contributed by atoms with van der Waals surface area (Å²) >= 11 is 0. The molecule has 4 rings (SSSR count). The van der Waals surface area contributed by atoms with Gasteiger partial charge < -0.3 is 15.0 Å². The number of fused-ring (bicyclic) bond motifs is 1. The highest BCUT2D eigenvalue weighted by molar-refractivity contribution is 5.51. The first-order chi connectivity index (χ1) is 11.3. The molecule has 23 heavy (non-hydrogen) atoms. The van der Waals surface area contributed by atoms with Crippen LogP contribution in [0.1, 0.15) is 23.6 Å². The van der Waals surface area contributed by atoms with E-state index in [4.69, 9.17) is 4.74 Å². The van der Waals surface area contributed by atoms with Gasteiger partial charge in [0.25, 0.3) is 0 Å². The Morgan fingerprint density at radius 1 is 1.17 bits per heavy atom. The summed E-state index contributed by atoms with van der Waals surface area (Å²) in [5.41, 5.74) is 2.25. The number of aryl methyl sites for hydroxylation is 1. The maximum atomic E-state index is 13.3. The number of ether oxygens (including phenoxy) is 1. The van der Waals surface area contributed by atoms with Gasteiger partial charge in [-0.3, -0.25) is 0 Å². The molecule has 6 heteroatoms. The monoisotopic (exact) mass is 314 g/mol. The Labute approximate surface area is 134 Å². The van der Waals surface area contributed by atoms with E-state index in [1.165, 1.54) is 6.07 Å². The number of morpholine rings is 1. The fraction of sp³-hybridized carbons (Fsp3) is 0.412. The summed E-state index contributed by atoms with van der Waals surface area (Å²) in [4.78, 5) is 10.9. The molecule has 1 saturated heterocycles. The number of nitrogens with zero attached hydrogens (tertiary/aromatic N) is 3. The molecule has 120 valence electrons. The molecule has 2 aliphatic rings. The van der Waals surface area contributed by atoms with Gasteiger partial charge in [-0.15, -0.1) is 0 Å². The summed E-state index contributed by atoms with van der Waals surface area (Å²) in [5.74, 6) is 1.56. The van der Waals surface area contributed by atoms with Crippen LogP contribution in [0.15, 0.2) is 30.6 Å². The summed E-state index contributed by atoms with van der Waals surface area (Å²) in [6.07, 6.45) is 3.44. The van der Waals surface area contributed by atoms with Crippen LogP contribution in [0.3, 0.4) is 0 Å². The third-order valence-electron chi connectivity index (χ3n) is 4.49. The van der Waals surface area contributed by atoms with E-state index in [-0.39, 0.29) is 11.9 Å². The molecule has 1 aliphatic heterocycles. The third kappa shape index (κ3) is 2.99.